The van der Waals surface area contributed by atoms with Crippen LogP contribution in [0.5, 0.6) is 5.75 Å². The van der Waals surface area contributed by atoms with Gasteiger partial charge in [0.2, 0.25) is 0 Å². The zero-order valence-corrected chi connectivity index (χ0v) is 13.7. The van der Waals surface area contributed by atoms with E-state index in [1.54, 1.807) is 6.92 Å². The molecule has 0 saturated heterocycles. The van der Waals surface area contributed by atoms with Crippen LogP contribution in [0.25, 0.3) is 0 Å². The third-order valence-electron chi connectivity index (χ3n) is 3.41. The van der Waals surface area contributed by atoms with E-state index in [1.165, 1.54) is 24.3 Å². The van der Waals surface area contributed by atoms with Crippen LogP contribution >= 0.6 is 11.6 Å². The average Bonchev–Trinajstić information content (AvgIpc) is 2.55. The maximum atomic E-state index is 12.2. The molecule has 0 aliphatic heterocycles. The number of anilines is 3. The van der Waals surface area contributed by atoms with Gasteiger partial charge in [-0.3, -0.25) is 0 Å². The Balaban J connectivity index is 2.33. The Labute approximate surface area is 143 Å². The summed E-state index contributed by atoms with van der Waals surface area (Å²) in [6.07, 6.45) is 0. The van der Waals surface area contributed by atoms with Crippen LogP contribution in [0.3, 0.4) is 0 Å². The van der Waals surface area contributed by atoms with Gasteiger partial charge in [0.25, 0.3) is 0 Å². The molecule has 24 heavy (non-hydrogen) atoms. The normalized spacial score (nSPS) is 13.4. The lowest BCUT2D eigenvalue weighted by Crippen LogP contribution is -2.39. The van der Waals surface area contributed by atoms with Gasteiger partial charge in [-0.1, -0.05) is 11.6 Å². The first kappa shape index (κ1) is 18.0. The number of aromatic nitrogens is 1. The summed E-state index contributed by atoms with van der Waals surface area (Å²) >= 11 is 5.97. The molecule has 2 aromatic rings. The number of quaternary nitrogens is 1. The highest BCUT2D eigenvalue weighted by molar-refractivity contribution is 6.30. The van der Waals surface area contributed by atoms with E-state index in [9.17, 15) is 10.4 Å². The molecule has 1 unspecified atom stereocenters. The van der Waals surface area contributed by atoms with Crippen LogP contribution in [0.1, 0.15) is 12.5 Å². The Hall–Kier alpha value is -2.30. The molecule has 8 N–H and O–H groups in total. The Morgan fingerprint density at radius 3 is 2.71 bits per heavy atom. The first-order chi connectivity index (χ1) is 11.3. The van der Waals surface area contributed by atoms with E-state index in [-0.39, 0.29) is 41.9 Å². The Morgan fingerprint density at radius 2 is 2.08 bits per heavy atom. The fraction of sp³-hybridized carbons (Fsp3) is 0.214. The fourth-order valence-electron chi connectivity index (χ4n) is 2.12. The molecule has 0 amide bonds. The number of hydrogen-bond acceptors (Lipinski definition) is 8. The Morgan fingerprint density at radius 1 is 1.38 bits per heavy atom. The smallest absolute Gasteiger partial charge is 0.172 e. The van der Waals surface area contributed by atoms with E-state index >= 15 is 0 Å². The van der Waals surface area contributed by atoms with Crippen LogP contribution in [0, 0.1) is 5.21 Å². The van der Waals surface area contributed by atoms with Crippen molar-refractivity contribution in [1.82, 2.24) is 9.79 Å². The molecule has 1 aromatic carbocycles. The third kappa shape index (κ3) is 3.78. The van der Waals surface area contributed by atoms with Crippen molar-refractivity contribution in [1.29, 1.82) is 0 Å². The van der Waals surface area contributed by atoms with Gasteiger partial charge >= 0.3 is 0 Å². The largest absolute Gasteiger partial charge is 0.593 e. The van der Waals surface area contributed by atoms with Gasteiger partial charge in [0, 0.05) is 17.2 Å². The minimum Gasteiger partial charge on any atom is -0.593 e. The lowest BCUT2D eigenvalue weighted by molar-refractivity contribution is -0.0275. The monoisotopic (exact) mass is 354 g/mol. The summed E-state index contributed by atoms with van der Waals surface area (Å²) in [4.78, 5) is 2.37. The number of nitrogens with one attached hydrogen (secondary N) is 1. The average molecular weight is 355 g/mol. The molecule has 130 valence electrons. The number of ether oxygens (including phenoxy) is 1. The summed E-state index contributed by atoms with van der Waals surface area (Å²) in [5, 5.41) is 22.5. The van der Waals surface area contributed by atoms with Crippen LogP contribution in [-0.4, -0.2) is 16.7 Å². The van der Waals surface area contributed by atoms with Gasteiger partial charge in [-0.05, 0) is 19.1 Å². The molecule has 0 fully saturated rings. The number of nitrogens with two attached hydrogens (primary N) is 3. The summed E-state index contributed by atoms with van der Waals surface area (Å²) in [6.45, 7) is 1.43. The highest BCUT2D eigenvalue weighted by atomic mass is 35.5. The van der Waals surface area contributed by atoms with Gasteiger partial charge in [-0.15, -0.1) is 0 Å². The molecule has 1 heterocycles. The number of halogens is 1. The lowest BCUT2D eigenvalue weighted by Gasteiger charge is -2.33. The van der Waals surface area contributed by atoms with Crippen LogP contribution in [0.2, 0.25) is 5.02 Å². The molecule has 0 radical (unpaired) electrons. The van der Waals surface area contributed by atoms with E-state index < -0.39 is 4.81 Å². The Kier molecular flexibility index (Phi) is 5.32. The fourth-order valence-corrected chi connectivity index (χ4v) is 2.31. The van der Waals surface area contributed by atoms with Crippen LogP contribution < -0.4 is 32.3 Å². The van der Waals surface area contributed by atoms with Gasteiger partial charge in [-0.2, -0.15) is 4.81 Å². The van der Waals surface area contributed by atoms with E-state index in [0.29, 0.717) is 10.6 Å². The van der Waals surface area contributed by atoms with Crippen molar-refractivity contribution < 1.29 is 9.94 Å². The number of hydrogen-bond donors (Lipinski definition) is 5. The second kappa shape index (κ2) is 7.07. The molecule has 2 rings (SSSR count). The quantitative estimate of drug-likeness (QED) is 0.299. The molecule has 10 heteroatoms. The van der Waals surface area contributed by atoms with Crippen LogP contribution in [0.15, 0.2) is 24.3 Å². The summed E-state index contributed by atoms with van der Waals surface area (Å²) in [7, 11) is 0. The number of nitrogens with zero attached hydrogens (tertiary/aromatic N) is 2. The summed E-state index contributed by atoms with van der Waals surface area (Å²) < 4.78 is 5.62. The predicted octanol–water partition coefficient (Wildman–Crippen LogP) is 1.98. The van der Waals surface area contributed by atoms with Crippen molar-refractivity contribution in [2.75, 3.05) is 23.4 Å². The molecular formula is C14H19ClN6O3. The number of hydrazine groups is 1. The van der Waals surface area contributed by atoms with Crippen molar-refractivity contribution in [3.8, 4) is 5.75 Å². The number of benzene rings is 1. The van der Waals surface area contributed by atoms with Crippen molar-refractivity contribution in [2.45, 2.75) is 13.5 Å². The molecule has 0 aliphatic carbocycles. The van der Waals surface area contributed by atoms with Gasteiger partial charge in [0.1, 0.15) is 30.4 Å². The lowest BCUT2D eigenvalue weighted by atomic mass is 10.2. The zero-order valence-electron chi connectivity index (χ0n) is 13.0. The standard InChI is InChI=1S/C14H19ClN6O3/c1-2-21(22,23)10-4-3-9(15)5-8(10)7-24-11-6-12(16)19-14(20-18)13(11)17/h3-6,22H,2,7,17-18H2,1H3,(H3,16,19,20). The second-order valence-electron chi connectivity index (χ2n) is 5.03. The predicted molar refractivity (Wildman–Crippen MR) is 94.1 cm³/mol. The maximum Gasteiger partial charge on any atom is 0.172 e. The van der Waals surface area contributed by atoms with E-state index in [4.69, 9.17) is 33.6 Å². The number of nitrogen functional groups attached to an aromatic ring is 3. The molecular weight excluding hydrogens is 336 g/mol. The molecule has 0 aliphatic rings. The van der Waals surface area contributed by atoms with Crippen LogP contribution in [-0.2, 0) is 6.61 Å². The second-order valence-corrected chi connectivity index (χ2v) is 5.47. The summed E-state index contributed by atoms with van der Waals surface area (Å²) in [6, 6.07) is 5.94. The van der Waals surface area contributed by atoms with E-state index in [0.717, 1.165) is 0 Å². The SMILES string of the molecule is CC[N+]([O-])(O)c1ccc(Cl)cc1COc1cc(N)nc(NN)c1N. The topological polar surface area (TPSA) is 156 Å². The van der Waals surface area contributed by atoms with Gasteiger partial charge in [0.15, 0.2) is 11.5 Å². The maximum absolute atomic E-state index is 12.2. The molecule has 0 saturated carbocycles. The number of rotatable bonds is 6. The summed E-state index contributed by atoms with van der Waals surface area (Å²) in [5.74, 6) is 5.88. The summed E-state index contributed by atoms with van der Waals surface area (Å²) in [5.41, 5.74) is 14.6. The van der Waals surface area contributed by atoms with Gasteiger partial charge in [-0.25, -0.2) is 16.0 Å². The van der Waals surface area contributed by atoms with Crippen molar-refractivity contribution in [3.05, 3.63) is 40.1 Å². The molecule has 1 aromatic heterocycles. The van der Waals surface area contributed by atoms with Gasteiger partial charge < -0.3 is 26.8 Å². The number of hydroxylamine groups is 2. The Bertz CT molecular complexity index is 741. The van der Waals surface area contributed by atoms with E-state index in [2.05, 4.69) is 10.4 Å². The minimum atomic E-state index is -1.54. The highest BCUT2D eigenvalue weighted by Gasteiger charge is 2.21. The van der Waals surface area contributed by atoms with Crippen LogP contribution in [0.4, 0.5) is 23.0 Å². The highest BCUT2D eigenvalue weighted by Crippen LogP contribution is 2.32. The molecule has 9 nitrogen and oxygen atoms in total. The first-order valence-electron chi connectivity index (χ1n) is 7.04. The van der Waals surface area contributed by atoms with Crippen molar-refractivity contribution in [2.24, 2.45) is 5.84 Å². The van der Waals surface area contributed by atoms with Crippen molar-refractivity contribution >= 4 is 34.6 Å². The van der Waals surface area contributed by atoms with Gasteiger partial charge in [0.05, 0.1) is 5.56 Å². The first-order valence-corrected chi connectivity index (χ1v) is 7.42. The zero-order chi connectivity index (χ0) is 17.9. The third-order valence-corrected chi connectivity index (χ3v) is 3.64. The molecule has 1 atom stereocenters. The minimum absolute atomic E-state index is 0.0592. The molecule has 0 bridgehead atoms. The van der Waals surface area contributed by atoms with E-state index in [1.807, 2.05) is 0 Å². The van der Waals surface area contributed by atoms with Crippen molar-refractivity contribution in [3.63, 3.8) is 0 Å². The molecule has 0 spiro atoms. The number of pyridine rings is 1.